The van der Waals surface area contributed by atoms with Gasteiger partial charge in [0.1, 0.15) is 29.8 Å². The van der Waals surface area contributed by atoms with Crippen LogP contribution in [-0.4, -0.2) is 53.9 Å². The van der Waals surface area contributed by atoms with Crippen LogP contribution < -0.4 is 19.7 Å². The Labute approximate surface area is 282 Å². The molecule has 0 radical (unpaired) electrons. The van der Waals surface area contributed by atoms with E-state index in [1.54, 1.807) is 40.1 Å². The number of amides is 1. The molecule has 48 heavy (non-hydrogen) atoms. The fourth-order valence-electron chi connectivity index (χ4n) is 5.38. The summed E-state index contributed by atoms with van der Waals surface area (Å²) in [5, 5.41) is 2.66. The van der Waals surface area contributed by atoms with Crippen LogP contribution in [0.3, 0.4) is 0 Å². The summed E-state index contributed by atoms with van der Waals surface area (Å²) in [6.07, 6.45) is 3.85. The van der Waals surface area contributed by atoms with Crippen molar-refractivity contribution in [3.8, 4) is 11.6 Å². The van der Waals surface area contributed by atoms with Gasteiger partial charge in [0.25, 0.3) is 0 Å². The lowest BCUT2D eigenvalue weighted by Gasteiger charge is -2.30. The van der Waals surface area contributed by atoms with Crippen molar-refractivity contribution in [2.75, 3.05) is 25.2 Å². The van der Waals surface area contributed by atoms with Gasteiger partial charge >= 0.3 is 12.1 Å². The molecule has 3 heterocycles. The number of carbonyl (C=O) groups excluding carboxylic acids is 2. The lowest BCUT2D eigenvalue weighted by Crippen LogP contribution is -2.45. The van der Waals surface area contributed by atoms with Gasteiger partial charge in [-0.15, -0.1) is 0 Å². The molecule has 0 saturated heterocycles. The number of nitrogens with zero attached hydrogens (tertiary/aromatic N) is 3. The number of hydrogen-bond acceptors (Lipinski definition) is 9. The van der Waals surface area contributed by atoms with Crippen molar-refractivity contribution in [1.82, 2.24) is 15.3 Å². The van der Waals surface area contributed by atoms with E-state index in [0.29, 0.717) is 18.9 Å². The molecule has 0 saturated carbocycles. The van der Waals surface area contributed by atoms with Crippen LogP contribution in [0.5, 0.6) is 11.6 Å². The van der Waals surface area contributed by atoms with Crippen LogP contribution >= 0.6 is 0 Å². The van der Waals surface area contributed by atoms with Crippen molar-refractivity contribution in [2.24, 2.45) is 0 Å². The maximum absolute atomic E-state index is 13.0. The van der Waals surface area contributed by atoms with Gasteiger partial charge in [0.05, 0.1) is 13.7 Å². The van der Waals surface area contributed by atoms with Crippen LogP contribution in [0.1, 0.15) is 55.1 Å². The van der Waals surface area contributed by atoms with Gasteiger partial charge in [-0.05, 0) is 74.1 Å². The molecule has 1 unspecified atom stereocenters. The van der Waals surface area contributed by atoms with Gasteiger partial charge in [-0.25, -0.2) is 19.6 Å². The predicted molar refractivity (Wildman–Crippen MR) is 183 cm³/mol. The number of aryl methyl sites for hydroxylation is 1. The Morgan fingerprint density at radius 1 is 0.938 bits per heavy atom. The fourth-order valence-corrected chi connectivity index (χ4v) is 5.38. The molecule has 1 aliphatic rings. The Bertz CT molecular complexity index is 1640. The van der Waals surface area contributed by atoms with Crippen LogP contribution in [0.4, 0.5) is 10.6 Å². The Kier molecular flexibility index (Phi) is 11.5. The number of alkyl carbamates (subject to hydrolysis) is 1. The highest BCUT2D eigenvalue weighted by molar-refractivity contribution is 5.82. The molecule has 1 N–H and O–H groups in total. The van der Waals surface area contributed by atoms with Crippen molar-refractivity contribution in [2.45, 2.75) is 71.2 Å². The zero-order valence-electron chi connectivity index (χ0n) is 28.1. The number of benzene rings is 2. The van der Waals surface area contributed by atoms with Gasteiger partial charge in [0.2, 0.25) is 5.88 Å². The van der Waals surface area contributed by atoms with E-state index < -0.39 is 23.7 Å². The fraction of sp³-hybridized carbons (Fsp3) is 0.368. The van der Waals surface area contributed by atoms with Crippen LogP contribution in [0.15, 0.2) is 85.1 Å². The standard InChI is InChI=1S/C38H44N4O6/c1-38(2,3)48-36(43)33(41-37(44)47-26-28-9-6-5-7-10-28)23-29-14-19-34(39-24-29)46-22-20-31-16-15-30-11-8-21-42(35(30)40-31)25-27-12-17-32(45-4)18-13-27/h5-7,9-10,12-19,24,33H,8,11,20-23,25-26H2,1-4H3,(H,41,44). The van der Waals surface area contributed by atoms with Crippen molar-refractivity contribution in [1.29, 1.82) is 0 Å². The summed E-state index contributed by atoms with van der Waals surface area (Å²) in [5.41, 5.74) is 4.29. The van der Waals surface area contributed by atoms with E-state index in [1.807, 2.05) is 48.5 Å². The van der Waals surface area contributed by atoms with Gasteiger partial charge in [-0.1, -0.05) is 54.6 Å². The van der Waals surface area contributed by atoms with Gasteiger partial charge in [-0.2, -0.15) is 0 Å². The molecule has 0 spiro atoms. The smallest absolute Gasteiger partial charge is 0.408 e. The average molecular weight is 653 g/mol. The largest absolute Gasteiger partial charge is 0.497 e. The number of nitrogens with one attached hydrogen (secondary N) is 1. The van der Waals surface area contributed by atoms with Gasteiger partial charge in [-0.3, -0.25) is 0 Å². The van der Waals surface area contributed by atoms with Gasteiger partial charge in [0.15, 0.2) is 0 Å². The SMILES string of the molecule is COc1ccc(CN2CCCc3ccc(CCOc4ccc(CC(NC(=O)OCc5ccccc5)C(=O)OC(C)(C)C)cn4)nc32)cc1. The predicted octanol–water partition coefficient (Wildman–Crippen LogP) is 6.24. The highest BCUT2D eigenvalue weighted by Crippen LogP contribution is 2.27. The van der Waals surface area contributed by atoms with Crippen LogP contribution in [-0.2, 0) is 46.7 Å². The Hall–Kier alpha value is -5.12. The van der Waals surface area contributed by atoms with Crippen molar-refractivity contribution >= 4 is 17.9 Å². The zero-order valence-corrected chi connectivity index (χ0v) is 28.1. The number of anilines is 1. The molecule has 2 aromatic heterocycles. The van der Waals surface area contributed by atoms with Crippen LogP contribution in [0.25, 0.3) is 0 Å². The first-order valence-corrected chi connectivity index (χ1v) is 16.3. The molecule has 1 atom stereocenters. The third-order valence-electron chi connectivity index (χ3n) is 7.76. The van der Waals surface area contributed by atoms with E-state index >= 15 is 0 Å². The van der Waals surface area contributed by atoms with E-state index in [9.17, 15) is 9.59 Å². The van der Waals surface area contributed by atoms with Gasteiger partial charge < -0.3 is 29.2 Å². The van der Waals surface area contributed by atoms with Crippen LogP contribution in [0, 0.1) is 0 Å². The molecule has 2 aromatic carbocycles. The summed E-state index contributed by atoms with van der Waals surface area (Å²) >= 11 is 0. The number of fused-ring (bicyclic) bond motifs is 1. The number of aromatic nitrogens is 2. The lowest BCUT2D eigenvalue weighted by molar-refractivity contribution is -0.157. The number of carbonyl (C=O) groups is 2. The molecular weight excluding hydrogens is 608 g/mol. The first-order valence-electron chi connectivity index (χ1n) is 16.3. The van der Waals surface area contributed by atoms with Gasteiger partial charge in [0, 0.05) is 43.9 Å². The summed E-state index contributed by atoms with van der Waals surface area (Å²) in [5.74, 6) is 1.79. The molecule has 1 amide bonds. The second kappa shape index (κ2) is 16.1. The molecule has 1 aliphatic heterocycles. The topological polar surface area (TPSA) is 112 Å². The van der Waals surface area contributed by atoms with E-state index in [2.05, 4.69) is 39.5 Å². The highest BCUT2D eigenvalue weighted by Gasteiger charge is 2.28. The molecule has 4 aromatic rings. The van der Waals surface area contributed by atoms with E-state index in [0.717, 1.165) is 54.3 Å². The van der Waals surface area contributed by atoms with Crippen molar-refractivity contribution in [3.63, 3.8) is 0 Å². The third kappa shape index (κ3) is 10.2. The average Bonchev–Trinajstić information content (AvgIpc) is 3.08. The molecule has 0 fully saturated rings. The normalized spacial score (nSPS) is 13.2. The first kappa shape index (κ1) is 34.2. The number of methoxy groups -OCH3 is 1. The molecule has 252 valence electrons. The van der Waals surface area contributed by atoms with Crippen LogP contribution in [0.2, 0.25) is 0 Å². The number of ether oxygens (including phenoxy) is 4. The minimum atomic E-state index is -0.958. The summed E-state index contributed by atoms with van der Waals surface area (Å²) in [4.78, 5) is 37.4. The summed E-state index contributed by atoms with van der Waals surface area (Å²) in [6.45, 7) is 7.59. The molecule has 10 nitrogen and oxygen atoms in total. The lowest BCUT2D eigenvalue weighted by atomic mass is 10.0. The quantitative estimate of drug-likeness (QED) is 0.168. The minimum Gasteiger partial charge on any atom is -0.497 e. The van der Waals surface area contributed by atoms with E-state index in [1.165, 1.54) is 11.1 Å². The first-order chi connectivity index (χ1) is 23.1. The molecule has 0 bridgehead atoms. The van der Waals surface area contributed by atoms with Crippen molar-refractivity contribution < 1.29 is 28.5 Å². The Morgan fingerprint density at radius 2 is 1.71 bits per heavy atom. The number of esters is 1. The summed E-state index contributed by atoms with van der Waals surface area (Å²) in [7, 11) is 1.67. The third-order valence-corrected chi connectivity index (χ3v) is 7.76. The second-order valence-corrected chi connectivity index (χ2v) is 12.8. The molecule has 5 rings (SSSR count). The summed E-state index contributed by atoms with van der Waals surface area (Å²) < 4.78 is 22.2. The van der Waals surface area contributed by atoms with E-state index in [-0.39, 0.29) is 13.0 Å². The monoisotopic (exact) mass is 652 g/mol. The number of hydrogen-bond donors (Lipinski definition) is 1. The maximum Gasteiger partial charge on any atom is 0.408 e. The highest BCUT2D eigenvalue weighted by atomic mass is 16.6. The minimum absolute atomic E-state index is 0.0875. The Balaban J connectivity index is 1.15. The van der Waals surface area contributed by atoms with Crippen molar-refractivity contribution in [3.05, 3.63) is 113 Å². The van der Waals surface area contributed by atoms with E-state index in [4.69, 9.17) is 23.9 Å². The number of pyridine rings is 2. The maximum atomic E-state index is 13.0. The molecular formula is C38H44N4O6. The molecule has 0 aliphatic carbocycles. The zero-order chi connectivity index (χ0) is 33.9. The summed E-state index contributed by atoms with van der Waals surface area (Å²) in [6, 6.07) is 24.4. The second-order valence-electron chi connectivity index (χ2n) is 12.8. The Morgan fingerprint density at radius 3 is 2.42 bits per heavy atom. The number of rotatable bonds is 13. The molecule has 10 heteroatoms.